The summed E-state index contributed by atoms with van der Waals surface area (Å²) in [6, 6.07) is 9.92. The van der Waals surface area contributed by atoms with Gasteiger partial charge in [-0.25, -0.2) is 9.97 Å². The summed E-state index contributed by atoms with van der Waals surface area (Å²) < 4.78 is 0. The molecule has 1 aliphatic rings. The number of fused-ring (bicyclic) bond motifs is 4. The summed E-state index contributed by atoms with van der Waals surface area (Å²) in [5, 5.41) is 2.28. The standard InChI is InChI=1S/C53H72N4S4/c1-7-11-15-19-21-25-29-53(30-26-22-20-16-12-8-2)42-31-37(5)35-54-45(42)46-43(53)33-41(36-55-46)44-34-40(28-24-18-14-10-4)48(59-44)50-57-52-51(61-50)56-49(60-52)47-39(32-38(6)58-47)27-23-17-13-9-3/h31-36H,7-30H2,1-6H3. The van der Waals surface area contributed by atoms with E-state index in [0.29, 0.717) is 0 Å². The van der Waals surface area contributed by atoms with Gasteiger partial charge in [-0.1, -0.05) is 172 Å². The molecule has 0 spiro atoms. The Kier molecular flexibility index (Phi) is 17.2. The van der Waals surface area contributed by atoms with Crippen molar-refractivity contribution in [1.82, 2.24) is 19.9 Å². The minimum Gasteiger partial charge on any atom is -0.254 e. The summed E-state index contributed by atoms with van der Waals surface area (Å²) in [5.74, 6) is 0. The molecule has 61 heavy (non-hydrogen) atoms. The second-order valence-corrected chi connectivity index (χ2v) is 22.4. The number of unbranched alkanes of at least 4 members (excludes halogenated alkanes) is 16. The van der Waals surface area contributed by atoms with Crippen LogP contribution in [0.1, 0.15) is 202 Å². The molecule has 7 rings (SSSR count). The van der Waals surface area contributed by atoms with Crippen LogP contribution in [0.5, 0.6) is 0 Å². The van der Waals surface area contributed by atoms with Gasteiger partial charge in [0.25, 0.3) is 0 Å². The molecule has 0 saturated carbocycles. The first-order chi connectivity index (χ1) is 29.9. The van der Waals surface area contributed by atoms with Crippen molar-refractivity contribution in [3.05, 3.63) is 69.4 Å². The van der Waals surface area contributed by atoms with Crippen LogP contribution in [-0.4, -0.2) is 19.9 Å². The Balaban J connectivity index is 1.22. The van der Waals surface area contributed by atoms with Gasteiger partial charge >= 0.3 is 0 Å². The van der Waals surface area contributed by atoms with E-state index in [2.05, 4.69) is 78.2 Å². The molecule has 4 nitrogen and oxygen atoms in total. The highest BCUT2D eigenvalue weighted by Gasteiger charge is 2.44. The van der Waals surface area contributed by atoms with Crippen LogP contribution in [0.15, 0.2) is 36.7 Å². The van der Waals surface area contributed by atoms with Gasteiger partial charge < -0.3 is 0 Å². The van der Waals surface area contributed by atoms with E-state index in [1.165, 1.54) is 194 Å². The van der Waals surface area contributed by atoms with Crippen molar-refractivity contribution in [3.63, 3.8) is 0 Å². The number of hydrogen-bond acceptors (Lipinski definition) is 8. The molecule has 0 fully saturated rings. The van der Waals surface area contributed by atoms with Gasteiger partial charge in [0.05, 0.1) is 21.1 Å². The fourth-order valence-corrected chi connectivity index (χ4v) is 14.2. The van der Waals surface area contributed by atoms with Gasteiger partial charge in [-0.05, 0) is 98.4 Å². The molecular weight excluding hydrogens is 821 g/mol. The minimum atomic E-state index is -0.0369. The molecule has 0 radical (unpaired) electrons. The molecule has 0 saturated heterocycles. The molecule has 6 heterocycles. The third-order valence-electron chi connectivity index (χ3n) is 13.1. The lowest BCUT2D eigenvalue weighted by atomic mass is 9.70. The average Bonchev–Trinajstić information content (AvgIpc) is 4.08. The van der Waals surface area contributed by atoms with Crippen LogP contribution in [0, 0.1) is 13.8 Å². The predicted octanol–water partition coefficient (Wildman–Crippen LogP) is 18.3. The third-order valence-corrected chi connectivity index (χ3v) is 17.7. The number of thiazole rings is 2. The summed E-state index contributed by atoms with van der Waals surface area (Å²) in [5.41, 5.74) is 10.5. The fraction of sp³-hybridized carbons (Fsp3) is 0.585. The van der Waals surface area contributed by atoms with Crippen molar-refractivity contribution >= 4 is 55.0 Å². The molecule has 0 unspecified atom stereocenters. The van der Waals surface area contributed by atoms with Crippen molar-refractivity contribution < 1.29 is 0 Å². The van der Waals surface area contributed by atoms with E-state index in [4.69, 9.17) is 19.9 Å². The SMILES string of the molecule is CCCCCCCCC1(CCCCCCCC)c2cc(C)cnc2-c2ncc(-c3cc(CCCCCC)c(-c4nc5sc(-c6sc(C)cc6CCCCCC)nc5s4)s3)cc21. The Morgan fingerprint density at radius 3 is 1.52 bits per heavy atom. The quantitative estimate of drug-likeness (QED) is 0.0484. The van der Waals surface area contributed by atoms with E-state index < -0.39 is 0 Å². The Morgan fingerprint density at radius 1 is 0.475 bits per heavy atom. The number of aryl methyl sites for hydroxylation is 4. The molecule has 0 atom stereocenters. The maximum Gasteiger partial charge on any atom is 0.155 e. The highest BCUT2D eigenvalue weighted by Crippen LogP contribution is 2.54. The maximum atomic E-state index is 5.37. The Bertz CT molecular complexity index is 2240. The number of pyridine rings is 2. The largest absolute Gasteiger partial charge is 0.254 e. The number of hydrogen-bond donors (Lipinski definition) is 0. The maximum absolute atomic E-state index is 5.37. The van der Waals surface area contributed by atoms with Crippen LogP contribution in [0.2, 0.25) is 0 Å². The van der Waals surface area contributed by atoms with Gasteiger partial charge in [-0.3, -0.25) is 9.97 Å². The lowest BCUT2D eigenvalue weighted by molar-refractivity contribution is 0.397. The number of rotatable bonds is 27. The summed E-state index contributed by atoms with van der Waals surface area (Å²) in [6.45, 7) is 13.7. The number of thiophene rings is 2. The van der Waals surface area contributed by atoms with E-state index in [9.17, 15) is 0 Å². The molecule has 328 valence electrons. The van der Waals surface area contributed by atoms with E-state index >= 15 is 0 Å². The lowest BCUT2D eigenvalue weighted by Crippen LogP contribution is -2.26. The Hall–Kier alpha value is -2.78. The van der Waals surface area contributed by atoms with Crippen LogP contribution in [-0.2, 0) is 18.3 Å². The Labute approximate surface area is 384 Å². The summed E-state index contributed by atoms with van der Waals surface area (Å²) in [4.78, 5) is 28.7. The summed E-state index contributed by atoms with van der Waals surface area (Å²) >= 11 is 7.42. The molecule has 0 N–H and O–H groups in total. The van der Waals surface area contributed by atoms with E-state index in [1.807, 2.05) is 22.7 Å². The van der Waals surface area contributed by atoms with Crippen LogP contribution < -0.4 is 0 Å². The van der Waals surface area contributed by atoms with Crippen LogP contribution in [0.25, 0.3) is 51.3 Å². The molecule has 0 aliphatic heterocycles. The third kappa shape index (κ3) is 11.1. The monoisotopic (exact) mass is 892 g/mol. The zero-order chi connectivity index (χ0) is 42.6. The second-order valence-electron chi connectivity index (χ2n) is 18.1. The first-order valence-electron chi connectivity index (χ1n) is 24.4. The molecule has 0 amide bonds. The van der Waals surface area contributed by atoms with Gasteiger partial charge in [-0.15, -0.1) is 22.7 Å². The fourth-order valence-electron chi connectivity index (χ4n) is 9.69. The van der Waals surface area contributed by atoms with E-state index in [1.54, 1.807) is 22.7 Å². The minimum absolute atomic E-state index is 0.0369. The van der Waals surface area contributed by atoms with Crippen molar-refractivity contribution in [3.8, 4) is 41.6 Å². The van der Waals surface area contributed by atoms with Gasteiger partial charge in [0.2, 0.25) is 0 Å². The zero-order valence-electron chi connectivity index (χ0n) is 38.4. The topological polar surface area (TPSA) is 51.6 Å². The van der Waals surface area contributed by atoms with Crippen molar-refractivity contribution in [1.29, 1.82) is 0 Å². The van der Waals surface area contributed by atoms with Crippen molar-refractivity contribution in [2.24, 2.45) is 0 Å². The molecule has 6 aromatic heterocycles. The first kappa shape index (κ1) is 46.2. The molecular formula is C53H72N4S4. The second kappa shape index (κ2) is 22.7. The predicted molar refractivity (Wildman–Crippen MR) is 270 cm³/mol. The van der Waals surface area contributed by atoms with Crippen molar-refractivity contribution in [2.75, 3.05) is 0 Å². The van der Waals surface area contributed by atoms with Gasteiger partial charge in [-0.2, -0.15) is 0 Å². The Morgan fingerprint density at radius 2 is 0.951 bits per heavy atom. The van der Waals surface area contributed by atoms with Crippen LogP contribution >= 0.6 is 45.3 Å². The molecule has 0 aromatic carbocycles. The van der Waals surface area contributed by atoms with Gasteiger partial charge in [0.15, 0.2) is 9.66 Å². The molecule has 0 bridgehead atoms. The highest BCUT2D eigenvalue weighted by atomic mass is 32.1. The average molecular weight is 893 g/mol. The number of aromatic nitrogens is 4. The lowest BCUT2D eigenvalue weighted by Gasteiger charge is -2.32. The molecule has 8 heteroatoms. The number of nitrogens with zero attached hydrogens (tertiary/aromatic N) is 4. The summed E-state index contributed by atoms with van der Waals surface area (Å²) in [6.07, 6.45) is 34.7. The highest BCUT2D eigenvalue weighted by molar-refractivity contribution is 7.32. The smallest absolute Gasteiger partial charge is 0.155 e. The normalized spacial score (nSPS) is 13.1. The first-order valence-corrected chi connectivity index (χ1v) is 27.6. The molecule has 6 aromatic rings. The van der Waals surface area contributed by atoms with Gasteiger partial charge in [0, 0.05) is 33.1 Å². The van der Waals surface area contributed by atoms with Crippen LogP contribution in [0.4, 0.5) is 0 Å². The molecule has 1 aliphatic carbocycles. The zero-order valence-corrected chi connectivity index (χ0v) is 41.6. The summed E-state index contributed by atoms with van der Waals surface area (Å²) in [7, 11) is 0. The van der Waals surface area contributed by atoms with Crippen molar-refractivity contribution in [2.45, 2.75) is 201 Å². The van der Waals surface area contributed by atoms with Gasteiger partial charge in [0.1, 0.15) is 10.0 Å². The van der Waals surface area contributed by atoms with E-state index in [0.717, 1.165) is 43.9 Å². The van der Waals surface area contributed by atoms with E-state index in [-0.39, 0.29) is 5.41 Å². The van der Waals surface area contributed by atoms with Crippen LogP contribution in [0.3, 0.4) is 0 Å².